The minimum absolute atomic E-state index is 1.15. The van der Waals surface area contributed by atoms with Crippen LogP contribution in [0.1, 0.15) is 42.4 Å². The van der Waals surface area contributed by atoms with Gasteiger partial charge >= 0.3 is 0 Å². The van der Waals surface area contributed by atoms with E-state index in [0.717, 1.165) is 12.8 Å². The highest BCUT2D eigenvalue weighted by atomic mass is 14.2. The van der Waals surface area contributed by atoms with Crippen LogP contribution in [0.5, 0.6) is 0 Å². The Morgan fingerprint density at radius 2 is 1.61 bits per heavy atom. The van der Waals surface area contributed by atoms with E-state index in [1.807, 2.05) is 0 Å². The van der Waals surface area contributed by atoms with Crippen molar-refractivity contribution in [3.05, 3.63) is 101 Å². The molecule has 3 aromatic carbocycles. The summed E-state index contributed by atoms with van der Waals surface area (Å²) in [4.78, 5) is 0. The van der Waals surface area contributed by atoms with Gasteiger partial charge in [0.25, 0.3) is 0 Å². The Kier molecular flexibility index (Phi) is 3.65. The molecule has 0 spiro atoms. The van der Waals surface area contributed by atoms with Crippen LogP contribution in [0.2, 0.25) is 0 Å². The first-order valence-electron chi connectivity index (χ1n) is 10.6. The molecule has 0 aliphatic heterocycles. The van der Waals surface area contributed by atoms with Crippen molar-refractivity contribution in [1.82, 2.24) is 0 Å². The molecule has 0 radical (unpaired) electrons. The van der Waals surface area contributed by atoms with E-state index in [9.17, 15) is 0 Å². The predicted molar refractivity (Wildman–Crippen MR) is 119 cm³/mol. The Hall–Kier alpha value is -2.86. The first-order valence-corrected chi connectivity index (χ1v) is 10.6. The zero-order valence-corrected chi connectivity index (χ0v) is 16.2. The lowest BCUT2D eigenvalue weighted by Crippen LogP contribution is -2.06. The van der Waals surface area contributed by atoms with Gasteiger partial charge in [-0.15, -0.1) is 0 Å². The smallest absolute Gasteiger partial charge is 0.00704 e. The molecule has 6 rings (SSSR count). The molecule has 0 heteroatoms. The quantitative estimate of drug-likeness (QED) is 0.423. The Morgan fingerprint density at radius 3 is 2.61 bits per heavy atom. The Morgan fingerprint density at radius 1 is 0.679 bits per heavy atom. The molecule has 0 atom stereocenters. The van der Waals surface area contributed by atoms with Crippen LogP contribution in [-0.2, 0) is 12.8 Å². The lowest BCUT2D eigenvalue weighted by molar-refractivity contribution is 0.893. The van der Waals surface area contributed by atoms with Crippen molar-refractivity contribution in [2.75, 3.05) is 0 Å². The summed E-state index contributed by atoms with van der Waals surface area (Å²) in [6.07, 6.45) is 14.2. The first-order chi connectivity index (χ1) is 13.9. The van der Waals surface area contributed by atoms with Gasteiger partial charge in [-0.1, -0.05) is 72.8 Å². The molecule has 3 aliphatic carbocycles. The second-order valence-corrected chi connectivity index (χ2v) is 8.35. The van der Waals surface area contributed by atoms with E-state index in [1.165, 1.54) is 69.8 Å². The van der Waals surface area contributed by atoms with Crippen LogP contribution in [0.4, 0.5) is 0 Å². The minimum Gasteiger partial charge on any atom is -0.0839 e. The van der Waals surface area contributed by atoms with Crippen LogP contribution in [0, 0.1) is 0 Å². The zero-order valence-electron chi connectivity index (χ0n) is 16.2. The van der Waals surface area contributed by atoms with E-state index in [4.69, 9.17) is 0 Å². The zero-order chi connectivity index (χ0) is 18.5. The molecule has 0 amide bonds. The average molecular weight is 361 g/mol. The largest absolute Gasteiger partial charge is 0.0839 e. The highest BCUT2D eigenvalue weighted by Gasteiger charge is 2.20. The molecule has 0 heterocycles. The predicted octanol–water partition coefficient (Wildman–Crippen LogP) is 7.43. The van der Waals surface area contributed by atoms with E-state index < -0.39 is 0 Å². The number of hydrogen-bond donors (Lipinski definition) is 0. The van der Waals surface area contributed by atoms with Gasteiger partial charge in [-0.05, 0) is 93.8 Å². The van der Waals surface area contributed by atoms with Gasteiger partial charge in [0, 0.05) is 0 Å². The molecule has 0 unspecified atom stereocenters. The molecule has 0 nitrogen and oxygen atoms in total. The maximum atomic E-state index is 2.48. The van der Waals surface area contributed by atoms with Crippen molar-refractivity contribution < 1.29 is 0 Å². The summed E-state index contributed by atoms with van der Waals surface area (Å²) in [5, 5.41) is 2.74. The van der Waals surface area contributed by atoms with Gasteiger partial charge in [0.2, 0.25) is 0 Å². The normalized spacial score (nSPS) is 17.8. The lowest BCUT2D eigenvalue weighted by atomic mass is 9.80. The van der Waals surface area contributed by atoms with E-state index >= 15 is 0 Å². The lowest BCUT2D eigenvalue weighted by Gasteiger charge is -2.24. The second-order valence-electron chi connectivity index (χ2n) is 8.35. The third-order valence-electron chi connectivity index (χ3n) is 6.75. The fourth-order valence-corrected chi connectivity index (χ4v) is 5.28. The summed E-state index contributed by atoms with van der Waals surface area (Å²) in [6, 6.07) is 20.7. The summed E-state index contributed by atoms with van der Waals surface area (Å²) in [5.41, 5.74) is 12.0. The molecule has 3 aromatic rings. The van der Waals surface area contributed by atoms with Gasteiger partial charge < -0.3 is 0 Å². The molecule has 0 fully saturated rings. The summed E-state index contributed by atoms with van der Waals surface area (Å²) < 4.78 is 0. The molecule has 136 valence electrons. The highest BCUT2D eigenvalue weighted by Crippen LogP contribution is 2.41. The molecule has 28 heavy (non-hydrogen) atoms. The number of hydrogen-bond acceptors (Lipinski definition) is 0. The molecule has 0 saturated heterocycles. The molecule has 0 bridgehead atoms. The van der Waals surface area contributed by atoms with Crippen LogP contribution < -0.4 is 0 Å². The number of rotatable bonds is 1. The monoisotopic (exact) mass is 360 g/mol. The standard InChI is InChI=1S/C28H24/c1-2-7-22-17-23(13-9-19(22)5-1)24-15-16-27-25(18-24)14-12-21-11-10-20-6-3-4-8-26(20)28(21)27/h1,3-6,8,10-11,15-18H,2,7,9,12-14H2. The third-order valence-corrected chi connectivity index (χ3v) is 6.75. The number of aryl methyl sites for hydroxylation is 2. The van der Waals surface area contributed by atoms with Gasteiger partial charge in [0.15, 0.2) is 0 Å². The third kappa shape index (κ3) is 2.52. The number of fused-ring (bicyclic) bond motifs is 5. The van der Waals surface area contributed by atoms with Crippen molar-refractivity contribution in [2.45, 2.75) is 38.5 Å². The summed E-state index contributed by atoms with van der Waals surface area (Å²) in [5.74, 6) is 0. The van der Waals surface area contributed by atoms with Gasteiger partial charge in [0.05, 0.1) is 0 Å². The van der Waals surface area contributed by atoms with Gasteiger partial charge in [-0.3, -0.25) is 0 Å². The SMILES string of the molecule is C1=CC2=C(C=C(c3ccc4c(c3)CCc3ccc5ccccc5c3-4)CC2)CC1. The number of benzene rings is 3. The molecule has 0 N–H and O–H groups in total. The van der Waals surface area contributed by atoms with Crippen LogP contribution >= 0.6 is 0 Å². The average Bonchev–Trinajstić information content (AvgIpc) is 2.78. The van der Waals surface area contributed by atoms with Crippen molar-refractivity contribution in [3.63, 3.8) is 0 Å². The number of allylic oxidation sites excluding steroid dienone is 6. The molecule has 0 aromatic heterocycles. The van der Waals surface area contributed by atoms with Gasteiger partial charge in [-0.25, -0.2) is 0 Å². The maximum Gasteiger partial charge on any atom is -0.00704 e. The molecular formula is C28H24. The van der Waals surface area contributed by atoms with Crippen molar-refractivity contribution >= 4 is 16.3 Å². The van der Waals surface area contributed by atoms with E-state index in [2.05, 4.69) is 72.8 Å². The van der Waals surface area contributed by atoms with Crippen LogP contribution in [0.3, 0.4) is 0 Å². The van der Waals surface area contributed by atoms with Crippen molar-refractivity contribution in [2.24, 2.45) is 0 Å². The summed E-state index contributed by atoms with van der Waals surface area (Å²) in [6.45, 7) is 0. The van der Waals surface area contributed by atoms with Gasteiger partial charge in [0.1, 0.15) is 0 Å². The van der Waals surface area contributed by atoms with Crippen molar-refractivity contribution in [3.8, 4) is 11.1 Å². The molecule has 0 saturated carbocycles. The first kappa shape index (κ1) is 16.1. The van der Waals surface area contributed by atoms with E-state index in [0.29, 0.717) is 0 Å². The van der Waals surface area contributed by atoms with E-state index in [1.54, 1.807) is 11.1 Å². The van der Waals surface area contributed by atoms with Crippen LogP contribution in [0.15, 0.2) is 84.0 Å². The molecule has 3 aliphatic rings. The Bertz CT molecular complexity index is 1200. The summed E-state index contributed by atoms with van der Waals surface area (Å²) >= 11 is 0. The highest BCUT2D eigenvalue weighted by molar-refractivity contribution is 6.00. The Balaban J connectivity index is 1.47. The maximum absolute atomic E-state index is 2.48. The summed E-state index contributed by atoms with van der Waals surface area (Å²) in [7, 11) is 0. The fourth-order valence-electron chi connectivity index (χ4n) is 5.28. The fraction of sp³-hybridized carbons (Fsp3) is 0.214. The second kappa shape index (κ2) is 6.34. The topological polar surface area (TPSA) is 0 Å². The van der Waals surface area contributed by atoms with E-state index in [-0.39, 0.29) is 0 Å². The van der Waals surface area contributed by atoms with Gasteiger partial charge in [-0.2, -0.15) is 0 Å². The van der Waals surface area contributed by atoms with Crippen LogP contribution in [0.25, 0.3) is 27.5 Å². The Labute approximate surface area is 166 Å². The van der Waals surface area contributed by atoms with Crippen molar-refractivity contribution in [1.29, 1.82) is 0 Å². The van der Waals surface area contributed by atoms with Crippen LogP contribution in [-0.4, -0.2) is 0 Å². The minimum atomic E-state index is 1.15. The molecular weight excluding hydrogens is 336 g/mol.